The summed E-state index contributed by atoms with van der Waals surface area (Å²) in [5.74, 6) is 0.218. The van der Waals surface area contributed by atoms with Crippen molar-refractivity contribution in [3.63, 3.8) is 0 Å². The van der Waals surface area contributed by atoms with Gasteiger partial charge in [-0.25, -0.2) is 0 Å². The molecule has 0 N–H and O–H groups in total. The fraction of sp³-hybridized carbons (Fsp3) is 0.444. The predicted octanol–water partition coefficient (Wildman–Crippen LogP) is 2.65. The summed E-state index contributed by atoms with van der Waals surface area (Å²) in [6.07, 6.45) is 0.589. The number of carbonyl (C=O) groups is 1. The van der Waals surface area contributed by atoms with E-state index in [-0.39, 0.29) is 5.78 Å². The highest BCUT2D eigenvalue weighted by Crippen LogP contribution is 2.23. The van der Waals surface area contributed by atoms with Gasteiger partial charge in [-0.2, -0.15) is 0 Å². The van der Waals surface area contributed by atoms with E-state index in [2.05, 4.69) is 15.9 Å². The number of halogens is 1. The van der Waals surface area contributed by atoms with E-state index in [9.17, 15) is 4.79 Å². The normalized spacial score (nSPS) is 10.8. The lowest BCUT2D eigenvalue weighted by Crippen LogP contribution is -2.16. The summed E-state index contributed by atoms with van der Waals surface area (Å²) in [5.41, 5.74) is 0. The number of Topliss-reactive ketones (excluding diaryl/α,β-unsaturated/α-hetero) is 1. The Kier molecular flexibility index (Phi) is 4.09. The Balaban J connectivity index is 2.54. The number of hydrogen-bond donors (Lipinski definition) is 0. The van der Waals surface area contributed by atoms with Crippen molar-refractivity contribution in [2.24, 2.45) is 0 Å². The Morgan fingerprint density at radius 1 is 1.62 bits per heavy atom. The Bertz CT molecular complexity index is 296. The number of hydrogen-bond acceptors (Lipinski definition) is 3. The van der Waals surface area contributed by atoms with Gasteiger partial charge in [0.15, 0.2) is 5.78 Å². The molecule has 0 fully saturated rings. The molecule has 0 saturated heterocycles. The zero-order valence-electron chi connectivity index (χ0n) is 7.71. The molecule has 1 rings (SSSR count). The molecule has 4 heteroatoms. The van der Waals surface area contributed by atoms with Gasteiger partial charge in [-0.05, 0) is 41.5 Å². The minimum atomic E-state index is 0.218. The van der Waals surface area contributed by atoms with Gasteiger partial charge in [0, 0.05) is 17.4 Å². The van der Waals surface area contributed by atoms with Crippen LogP contribution in [0.2, 0.25) is 0 Å². The molecule has 0 aliphatic carbocycles. The van der Waals surface area contributed by atoms with E-state index >= 15 is 0 Å². The first-order chi connectivity index (χ1) is 6.11. The SMILES string of the molecule is CN(C)CCC(=O)c1sccc1Br. The molecular weight excluding hydrogens is 250 g/mol. The fourth-order valence-corrected chi connectivity index (χ4v) is 2.49. The first kappa shape index (κ1) is 10.9. The highest BCUT2D eigenvalue weighted by atomic mass is 79.9. The molecule has 0 saturated carbocycles. The van der Waals surface area contributed by atoms with Crippen LogP contribution in [0, 0.1) is 0 Å². The van der Waals surface area contributed by atoms with Gasteiger partial charge in [0.25, 0.3) is 0 Å². The molecule has 1 aromatic rings. The van der Waals surface area contributed by atoms with Gasteiger partial charge >= 0.3 is 0 Å². The second-order valence-electron chi connectivity index (χ2n) is 3.07. The third kappa shape index (κ3) is 3.21. The second-order valence-corrected chi connectivity index (χ2v) is 4.84. The van der Waals surface area contributed by atoms with Crippen LogP contribution in [0.15, 0.2) is 15.9 Å². The average Bonchev–Trinajstić information content (AvgIpc) is 2.47. The molecule has 0 amide bonds. The first-order valence-electron chi connectivity index (χ1n) is 4.02. The zero-order valence-corrected chi connectivity index (χ0v) is 10.1. The summed E-state index contributed by atoms with van der Waals surface area (Å²) in [7, 11) is 3.94. The molecule has 0 spiro atoms. The summed E-state index contributed by atoms with van der Waals surface area (Å²) in [4.78, 5) is 14.4. The molecule has 13 heavy (non-hydrogen) atoms. The van der Waals surface area contributed by atoms with Crippen molar-refractivity contribution >= 4 is 33.0 Å². The van der Waals surface area contributed by atoms with E-state index < -0.39 is 0 Å². The minimum absolute atomic E-state index is 0.218. The Labute approximate surface area is 90.7 Å². The van der Waals surface area contributed by atoms with Gasteiger partial charge in [-0.15, -0.1) is 11.3 Å². The third-order valence-electron chi connectivity index (χ3n) is 1.66. The van der Waals surface area contributed by atoms with Crippen molar-refractivity contribution in [3.8, 4) is 0 Å². The molecule has 0 aliphatic rings. The lowest BCUT2D eigenvalue weighted by Gasteiger charge is -2.07. The minimum Gasteiger partial charge on any atom is -0.309 e. The van der Waals surface area contributed by atoms with Gasteiger partial charge in [0.1, 0.15) is 0 Å². The van der Waals surface area contributed by atoms with Gasteiger partial charge in [-0.1, -0.05) is 0 Å². The maximum absolute atomic E-state index is 11.6. The summed E-state index contributed by atoms with van der Waals surface area (Å²) >= 11 is 4.84. The van der Waals surface area contributed by atoms with Crippen LogP contribution in [-0.2, 0) is 0 Å². The van der Waals surface area contributed by atoms with Crippen molar-refractivity contribution in [1.82, 2.24) is 4.90 Å². The number of nitrogens with zero attached hydrogens (tertiary/aromatic N) is 1. The maximum atomic E-state index is 11.6. The van der Waals surface area contributed by atoms with Crippen molar-refractivity contribution < 1.29 is 4.79 Å². The van der Waals surface area contributed by atoms with Crippen LogP contribution in [0.25, 0.3) is 0 Å². The van der Waals surface area contributed by atoms with Crippen molar-refractivity contribution in [1.29, 1.82) is 0 Å². The number of carbonyl (C=O) groups excluding carboxylic acids is 1. The Hall–Kier alpha value is -0.190. The maximum Gasteiger partial charge on any atom is 0.175 e. The lowest BCUT2D eigenvalue weighted by molar-refractivity contribution is 0.0976. The van der Waals surface area contributed by atoms with Crippen LogP contribution in [-0.4, -0.2) is 31.3 Å². The van der Waals surface area contributed by atoms with E-state index in [1.807, 2.05) is 30.4 Å². The van der Waals surface area contributed by atoms with Crippen molar-refractivity contribution in [3.05, 3.63) is 20.8 Å². The van der Waals surface area contributed by atoms with Crippen LogP contribution >= 0.6 is 27.3 Å². The van der Waals surface area contributed by atoms with Crippen LogP contribution in [0.4, 0.5) is 0 Å². The molecule has 0 aliphatic heterocycles. The molecule has 0 radical (unpaired) electrons. The van der Waals surface area contributed by atoms with Gasteiger partial charge in [-0.3, -0.25) is 4.79 Å². The largest absolute Gasteiger partial charge is 0.309 e. The first-order valence-corrected chi connectivity index (χ1v) is 5.69. The van der Waals surface area contributed by atoms with Crippen LogP contribution < -0.4 is 0 Å². The standard InChI is InChI=1S/C9H12BrNOS/c1-11(2)5-3-8(12)9-7(10)4-6-13-9/h4,6H,3,5H2,1-2H3. The summed E-state index contributed by atoms with van der Waals surface area (Å²) in [6, 6.07) is 1.91. The molecule has 1 heterocycles. The number of rotatable bonds is 4. The van der Waals surface area contributed by atoms with Gasteiger partial charge in [0.05, 0.1) is 4.88 Å². The number of ketones is 1. The molecule has 72 valence electrons. The van der Waals surface area contributed by atoms with Gasteiger partial charge < -0.3 is 4.90 Å². The predicted molar refractivity (Wildman–Crippen MR) is 59.5 cm³/mol. The van der Waals surface area contributed by atoms with Crippen LogP contribution in [0.5, 0.6) is 0 Å². The summed E-state index contributed by atoms with van der Waals surface area (Å²) < 4.78 is 0.918. The molecule has 0 atom stereocenters. The molecule has 0 aromatic carbocycles. The highest BCUT2D eigenvalue weighted by Gasteiger charge is 2.10. The van der Waals surface area contributed by atoms with Gasteiger partial charge in [0.2, 0.25) is 0 Å². The lowest BCUT2D eigenvalue weighted by atomic mass is 10.2. The summed E-state index contributed by atoms with van der Waals surface area (Å²) in [6.45, 7) is 0.809. The Morgan fingerprint density at radius 3 is 2.77 bits per heavy atom. The quantitative estimate of drug-likeness (QED) is 0.777. The van der Waals surface area contributed by atoms with E-state index in [4.69, 9.17) is 0 Å². The zero-order chi connectivity index (χ0) is 9.84. The highest BCUT2D eigenvalue weighted by molar-refractivity contribution is 9.10. The monoisotopic (exact) mass is 261 g/mol. The second kappa shape index (κ2) is 4.88. The summed E-state index contributed by atoms with van der Waals surface area (Å²) in [5, 5.41) is 1.92. The molecule has 0 bridgehead atoms. The van der Waals surface area contributed by atoms with E-state index in [1.165, 1.54) is 11.3 Å². The smallest absolute Gasteiger partial charge is 0.175 e. The van der Waals surface area contributed by atoms with Crippen molar-refractivity contribution in [2.45, 2.75) is 6.42 Å². The van der Waals surface area contributed by atoms with E-state index in [0.717, 1.165) is 15.9 Å². The fourth-order valence-electron chi connectivity index (χ4n) is 0.931. The Morgan fingerprint density at radius 2 is 2.31 bits per heavy atom. The van der Waals surface area contributed by atoms with Crippen molar-refractivity contribution in [2.75, 3.05) is 20.6 Å². The third-order valence-corrected chi connectivity index (χ3v) is 3.54. The van der Waals surface area contributed by atoms with E-state index in [1.54, 1.807) is 0 Å². The topological polar surface area (TPSA) is 20.3 Å². The number of thiophene rings is 1. The van der Waals surface area contributed by atoms with Crippen LogP contribution in [0.3, 0.4) is 0 Å². The molecule has 2 nitrogen and oxygen atoms in total. The molecule has 1 aromatic heterocycles. The van der Waals surface area contributed by atoms with Crippen LogP contribution in [0.1, 0.15) is 16.1 Å². The van der Waals surface area contributed by atoms with E-state index in [0.29, 0.717) is 6.42 Å². The molecule has 0 unspecified atom stereocenters. The molecular formula is C9H12BrNOS. The average molecular weight is 262 g/mol.